The number of rotatable bonds is 6. The third kappa shape index (κ3) is 4.76. The standard InChI is InChI=1S/C18H14BrFO4/c1-11(18(22)23)24-14-6-4-13(5-7-14)17(21)9-3-12-2-8-16(20)15(19)10-12/h2-11H,1H3,(H,22,23)/b9-3+. The summed E-state index contributed by atoms with van der Waals surface area (Å²) in [7, 11) is 0. The predicted molar refractivity (Wildman–Crippen MR) is 91.6 cm³/mol. The number of benzene rings is 2. The van der Waals surface area contributed by atoms with Crippen molar-refractivity contribution in [3.05, 3.63) is 70.0 Å². The highest BCUT2D eigenvalue weighted by atomic mass is 79.9. The molecule has 1 N–H and O–H groups in total. The first kappa shape index (κ1) is 17.9. The highest BCUT2D eigenvalue weighted by molar-refractivity contribution is 9.10. The van der Waals surface area contributed by atoms with Crippen molar-refractivity contribution < 1.29 is 23.8 Å². The van der Waals surface area contributed by atoms with Crippen LogP contribution in [-0.2, 0) is 4.79 Å². The van der Waals surface area contributed by atoms with E-state index in [4.69, 9.17) is 9.84 Å². The Hall–Kier alpha value is -2.47. The van der Waals surface area contributed by atoms with Crippen LogP contribution < -0.4 is 4.74 Å². The number of hydrogen-bond donors (Lipinski definition) is 1. The Morgan fingerprint density at radius 2 is 1.88 bits per heavy atom. The van der Waals surface area contributed by atoms with E-state index < -0.39 is 12.1 Å². The molecule has 0 aliphatic rings. The van der Waals surface area contributed by atoms with Gasteiger partial charge in [-0.3, -0.25) is 4.79 Å². The molecule has 0 radical (unpaired) electrons. The molecular weight excluding hydrogens is 379 g/mol. The molecule has 0 amide bonds. The minimum absolute atomic E-state index is 0.228. The molecule has 6 heteroatoms. The predicted octanol–water partition coefficient (Wildman–Crippen LogP) is 4.34. The van der Waals surface area contributed by atoms with E-state index in [1.165, 1.54) is 31.2 Å². The Labute approximate surface area is 146 Å². The third-order valence-electron chi connectivity index (χ3n) is 3.17. The van der Waals surface area contributed by atoms with Crippen molar-refractivity contribution in [1.82, 2.24) is 0 Å². The smallest absolute Gasteiger partial charge is 0.344 e. The lowest BCUT2D eigenvalue weighted by Crippen LogP contribution is -2.22. The molecule has 2 aromatic rings. The Morgan fingerprint density at radius 1 is 1.21 bits per heavy atom. The fraction of sp³-hybridized carbons (Fsp3) is 0.111. The van der Waals surface area contributed by atoms with Gasteiger partial charge in [-0.25, -0.2) is 9.18 Å². The lowest BCUT2D eigenvalue weighted by Gasteiger charge is -2.10. The molecule has 24 heavy (non-hydrogen) atoms. The number of allylic oxidation sites excluding steroid dienone is 1. The van der Waals surface area contributed by atoms with E-state index in [1.54, 1.807) is 30.3 Å². The Kier molecular flexibility index (Phi) is 5.87. The van der Waals surface area contributed by atoms with Gasteiger partial charge in [0.05, 0.1) is 4.47 Å². The molecule has 2 aromatic carbocycles. The summed E-state index contributed by atoms with van der Waals surface area (Å²) in [6.07, 6.45) is 2.00. The zero-order valence-corrected chi connectivity index (χ0v) is 14.3. The Morgan fingerprint density at radius 3 is 2.46 bits per heavy atom. The number of halogens is 2. The van der Waals surface area contributed by atoms with Crippen molar-refractivity contribution in [2.75, 3.05) is 0 Å². The Bertz CT molecular complexity index is 784. The summed E-state index contributed by atoms with van der Waals surface area (Å²) >= 11 is 3.09. The van der Waals surface area contributed by atoms with Crippen LogP contribution in [0.4, 0.5) is 4.39 Å². The molecule has 0 heterocycles. The number of ether oxygens (including phenoxy) is 1. The maximum absolute atomic E-state index is 13.2. The monoisotopic (exact) mass is 392 g/mol. The summed E-state index contributed by atoms with van der Waals surface area (Å²) in [4.78, 5) is 22.8. The third-order valence-corrected chi connectivity index (χ3v) is 3.78. The molecule has 0 aromatic heterocycles. The highest BCUT2D eigenvalue weighted by Gasteiger charge is 2.12. The second kappa shape index (κ2) is 7.88. The second-order valence-corrected chi connectivity index (χ2v) is 5.85. The minimum atomic E-state index is -1.07. The highest BCUT2D eigenvalue weighted by Crippen LogP contribution is 2.18. The van der Waals surface area contributed by atoms with Gasteiger partial charge in [0, 0.05) is 5.56 Å². The first-order valence-electron chi connectivity index (χ1n) is 7.04. The van der Waals surface area contributed by atoms with Crippen molar-refractivity contribution in [2.45, 2.75) is 13.0 Å². The lowest BCUT2D eigenvalue weighted by molar-refractivity contribution is -0.144. The van der Waals surface area contributed by atoms with Crippen LogP contribution >= 0.6 is 15.9 Å². The Balaban J connectivity index is 2.05. The van der Waals surface area contributed by atoms with Gasteiger partial charge in [0.15, 0.2) is 11.9 Å². The molecule has 0 spiro atoms. The van der Waals surface area contributed by atoms with E-state index in [2.05, 4.69) is 15.9 Å². The van der Waals surface area contributed by atoms with Crippen LogP contribution in [0.25, 0.3) is 6.08 Å². The average molecular weight is 393 g/mol. The summed E-state index contributed by atoms with van der Waals surface area (Å²) in [5.74, 6) is -1.30. The molecule has 4 nitrogen and oxygen atoms in total. The number of carboxylic acids is 1. The summed E-state index contributed by atoms with van der Waals surface area (Å²) in [5.41, 5.74) is 1.12. The first-order valence-corrected chi connectivity index (χ1v) is 7.83. The van der Waals surface area contributed by atoms with E-state index in [-0.39, 0.29) is 11.6 Å². The largest absolute Gasteiger partial charge is 0.479 e. The number of hydrogen-bond acceptors (Lipinski definition) is 3. The SMILES string of the molecule is CC(Oc1ccc(C(=O)/C=C/c2ccc(F)c(Br)c2)cc1)C(=O)O. The normalized spacial score (nSPS) is 12.1. The zero-order chi connectivity index (χ0) is 17.7. The number of ketones is 1. The van der Waals surface area contributed by atoms with Crippen LogP contribution in [0.15, 0.2) is 53.0 Å². The maximum atomic E-state index is 13.2. The summed E-state index contributed by atoms with van der Waals surface area (Å²) in [6.45, 7) is 1.42. The van der Waals surface area contributed by atoms with Gasteiger partial charge in [0.2, 0.25) is 0 Å². The van der Waals surface area contributed by atoms with Crippen LogP contribution in [0.1, 0.15) is 22.8 Å². The molecule has 0 fully saturated rings. The van der Waals surface area contributed by atoms with Gasteiger partial charge in [-0.2, -0.15) is 0 Å². The molecule has 124 valence electrons. The van der Waals surface area contributed by atoms with E-state index >= 15 is 0 Å². The molecule has 1 atom stereocenters. The molecular formula is C18H14BrFO4. The van der Waals surface area contributed by atoms with Gasteiger partial charge in [0.25, 0.3) is 0 Å². The van der Waals surface area contributed by atoms with E-state index in [0.29, 0.717) is 21.3 Å². The van der Waals surface area contributed by atoms with Gasteiger partial charge in [0.1, 0.15) is 11.6 Å². The van der Waals surface area contributed by atoms with Gasteiger partial charge < -0.3 is 9.84 Å². The van der Waals surface area contributed by atoms with Crippen LogP contribution in [0, 0.1) is 5.82 Å². The van der Waals surface area contributed by atoms with E-state index in [0.717, 1.165) is 0 Å². The van der Waals surface area contributed by atoms with Crippen LogP contribution in [0.2, 0.25) is 0 Å². The topological polar surface area (TPSA) is 63.6 Å². The molecule has 0 saturated heterocycles. The quantitative estimate of drug-likeness (QED) is 0.586. The van der Waals surface area contributed by atoms with Gasteiger partial charge in [-0.05, 0) is 70.9 Å². The van der Waals surface area contributed by atoms with Gasteiger partial charge in [-0.15, -0.1) is 0 Å². The van der Waals surface area contributed by atoms with E-state index in [1.807, 2.05) is 0 Å². The molecule has 0 aliphatic heterocycles. The van der Waals surface area contributed by atoms with Gasteiger partial charge in [-0.1, -0.05) is 12.1 Å². The van der Waals surface area contributed by atoms with Crippen molar-refractivity contribution in [1.29, 1.82) is 0 Å². The van der Waals surface area contributed by atoms with Crippen molar-refractivity contribution in [3.8, 4) is 5.75 Å². The van der Waals surface area contributed by atoms with Crippen LogP contribution in [0.5, 0.6) is 5.75 Å². The van der Waals surface area contributed by atoms with E-state index in [9.17, 15) is 14.0 Å². The fourth-order valence-electron chi connectivity index (χ4n) is 1.84. The molecule has 0 bridgehead atoms. The van der Waals surface area contributed by atoms with Crippen molar-refractivity contribution in [3.63, 3.8) is 0 Å². The summed E-state index contributed by atoms with van der Waals surface area (Å²) in [5, 5.41) is 8.79. The van der Waals surface area contributed by atoms with Crippen molar-refractivity contribution in [2.24, 2.45) is 0 Å². The molecule has 1 unspecified atom stereocenters. The molecule has 0 saturated carbocycles. The minimum Gasteiger partial charge on any atom is -0.479 e. The summed E-state index contributed by atoms with van der Waals surface area (Å²) in [6, 6.07) is 10.6. The first-order chi connectivity index (χ1) is 11.4. The number of aliphatic carboxylic acids is 1. The maximum Gasteiger partial charge on any atom is 0.344 e. The average Bonchev–Trinajstić information content (AvgIpc) is 2.56. The van der Waals surface area contributed by atoms with Gasteiger partial charge >= 0.3 is 5.97 Å². The number of carbonyl (C=O) groups excluding carboxylic acids is 1. The van der Waals surface area contributed by atoms with Crippen LogP contribution in [-0.4, -0.2) is 23.0 Å². The second-order valence-electron chi connectivity index (χ2n) is 4.99. The lowest BCUT2D eigenvalue weighted by atomic mass is 10.1. The number of carbonyl (C=O) groups is 2. The molecule has 2 rings (SSSR count). The van der Waals surface area contributed by atoms with Crippen LogP contribution in [0.3, 0.4) is 0 Å². The number of carboxylic acid groups (broad SMARTS) is 1. The zero-order valence-electron chi connectivity index (χ0n) is 12.7. The summed E-state index contributed by atoms with van der Waals surface area (Å²) < 4.78 is 18.7. The fourth-order valence-corrected chi connectivity index (χ4v) is 2.23. The molecule has 0 aliphatic carbocycles. The van der Waals surface area contributed by atoms with Crippen molar-refractivity contribution >= 4 is 33.8 Å².